The number of benzene rings is 3. The molecule has 0 radical (unpaired) electrons. The molecule has 0 spiro atoms. The van der Waals surface area contributed by atoms with Crippen LogP contribution in [0.3, 0.4) is 0 Å². The first-order valence-electron chi connectivity index (χ1n) is 9.50. The summed E-state index contributed by atoms with van der Waals surface area (Å²) in [4.78, 5) is 37.9. The monoisotopic (exact) mass is 408 g/mol. The number of ether oxygens (including phenoxy) is 1. The summed E-state index contributed by atoms with van der Waals surface area (Å²) in [5.74, 6) is -1.47. The molecule has 1 aliphatic heterocycles. The van der Waals surface area contributed by atoms with Gasteiger partial charge < -0.3 is 4.74 Å². The predicted molar refractivity (Wildman–Crippen MR) is 114 cm³/mol. The van der Waals surface area contributed by atoms with Gasteiger partial charge in [-0.3, -0.25) is 14.5 Å². The van der Waals surface area contributed by atoms with E-state index in [-0.39, 0.29) is 16.9 Å². The number of hydrogen-bond acceptors (Lipinski definition) is 5. The molecular formula is C25H16N2O4. The number of carbonyl (C=O) groups is 3. The molecule has 4 rings (SSSR count). The highest BCUT2D eigenvalue weighted by Crippen LogP contribution is 2.23. The Kier molecular flexibility index (Phi) is 5.41. The number of rotatable bonds is 5. The summed E-state index contributed by atoms with van der Waals surface area (Å²) in [6.07, 6.45) is 1.74. The molecule has 0 aromatic heterocycles. The number of allylic oxidation sites excluding steroid dienone is 1. The van der Waals surface area contributed by atoms with Crippen molar-refractivity contribution in [1.82, 2.24) is 4.90 Å². The summed E-state index contributed by atoms with van der Waals surface area (Å²) in [5, 5.41) is 9.41. The van der Waals surface area contributed by atoms with Gasteiger partial charge in [-0.2, -0.15) is 5.26 Å². The maximum atomic E-state index is 12.4. The van der Waals surface area contributed by atoms with Crippen molar-refractivity contribution in [1.29, 1.82) is 5.26 Å². The van der Waals surface area contributed by atoms with Crippen LogP contribution in [0.2, 0.25) is 0 Å². The van der Waals surface area contributed by atoms with Crippen molar-refractivity contribution < 1.29 is 19.1 Å². The van der Waals surface area contributed by atoms with E-state index in [1.54, 1.807) is 54.6 Å². The highest BCUT2D eigenvalue weighted by molar-refractivity contribution is 6.22. The van der Waals surface area contributed by atoms with E-state index in [1.807, 2.05) is 30.3 Å². The third-order valence-corrected chi connectivity index (χ3v) is 4.79. The number of esters is 1. The Morgan fingerprint density at radius 2 is 1.45 bits per heavy atom. The second-order valence-electron chi connectivity index (χ2n) is 6.82. The van der Waals surface area contributed by atoms with Crippen molar-refractivity contribution in [2.45, 2.75) is 0 Å². The van der Waals surface area contributed by atoms with Crippen LogP contribution in [0.15, 0.2) is 78.9 Å². The molecule has 1 heterocycles. The quantitative estimate of drug-likeness (QED) is 0.210. The zero-order chi connectivity index (χ0) is 21.8. The van der Waals surface area contributed by atoms with E-state index >= 15 is 0 Å². The SMILES string of the molecule is N#C/C(=C/c1ccc(OC(=O)CN2C(=O)c3ccccc3C2=O)cc1)c1ccccc1. The van der Waals surface area contributed by atoms with E-state index in [1.165, 1.54) is 0 Å². The Balaban J connectivity index is 1.42. The van der Waals surface area contributed by atoms with Crippen LogP contribution in [0.4, 0.5) is 0 Å². The summed E-state index contributed by atoms with van der Waals surface area (Å²) >= 11 is 0. The lowest BCUT2D eigenvalue weighted by Gasteiger charge is -2.13. The van der Waals surface area contributed by atoms with Crippen LogP contribution in [0.5, 0.6) is 5.75 Å². The topological polar surface area (TPSA) is 87.5 Å². The fourth-order valence-corrected chi connectivity index (χ4v) is 3.27. The van der Waals surface area contributed by atoms with Gasteiger partial charge in [-0.1, -0.05) is 54.6 Å². The van der Waals surface area contributed by atoms with Crippen molar-refractivity contribution in [3.63, 3.8) is 0 Å². The summed E-state index contributed by atoms with van der Waals surface area (Å²) in [7, 11) is 0. The highest BCUT2D eigenvalue weighted by Gasteiger charge is 2.36. The minimum atomic E-state index is -0.722. The second kappa shape index (κ2) is 8.47. The molecule has 6 nitrogen and oxygen atoms in total. The predicted octanol–water partition coefficient (Wildman–Crippen LogP) is 3.95. The number of hydrogen-bond donors (Lipinski definition) is 0. The van der Waals surface area contributed by atoms with Gasteiger partial charge in [0.2, 0.25) is 0 Å². The molecular weight excluding hydrogens is 392 g/mol. The first-order valence-corrected chi connectivity index (χ1v) is 9.50. The molecule has 0 bridgehead atoms. The van der Waals surface area contributed by atoms with Gasteiger partial charge in [0.1, 0.15) is 12.3 Å². The standard InChI is InChI=1S/C25H16N2O4/c26-15-19(18-6-2-1-3-7-18)14-17-10-12-20(13-11-17)31-23(28)16-27-24(29)21-8-4-5-9-22(21)25(27)30/h1-14H,16H2/b19-14-. The van der Waals surface area contributed by atoms with Crippen LogP contribution < -0.4 is 4.74 Å². The molecule has 0 saturated heterocycles. The van der Waals surface area contributed by atoms with E-state index < -0.39 is 24.3 Å². The minimum Gasteiger partial charge on any atom is -0.425 e. The molecule has 0 fully saturated rings. The number of fused-ring (bicyclic) bond motifs is 1. The van der Waals surface area contributed by atoms with E-state index in [9.17, 15) is 19.6 Å². The zero-order valence-electron chi connectivity index (χ0n) is 16.3. The molecule has 0 N–H and O–H groups in total. The molecule has 3 aromatic carbocycles. The maximum absolute atomic E-state index is 12.4. The molecule has 0 unspecified atom stereocenters. The largest absolute Gasteiger partial charge is 0.425 e. The number of nitriles is 1. The third-order valence-electron chi connectivity index (χ3n) is 4.79. The van der Waals surface area contributed by atoms with Gasteiger partial charge in [-0.05, 0) is 41.5 Å². The van der Waals surface area contributed by atoms with E-state index in [4.69, 9.17) is 4.74 Å². The lowest BCUT2D eigenvalue weighted by atomic mass is 10.0. The normalized spacial score (nSPS) is 13.0. The molecule has 0 aliphatic carbocycles. The molecule has 2 amide bonds. The summed E-state index contributed by atoms with van der Waals surface area (Å²) in [6, 6.07) is 24.5. The minimum absolute atomic E-state index is 0.275. The number of amides is 2. The number of nitrogens with zero attached hydrogens (tertiary/aromatic N) is 2. The van der Waals surface area contributed by atoms with Crippen LogP contribution in [0.1, 0.15) is 31.8 Å². The molecule has 150 valence electrons. The first kappa shape index (κ1) is 19.8. The Bertz CT molecular complexity index is 1200. The van der Waals surface area contributed by atoms with Crippen molar-refractivity contribution in [3.8, 4) is 11.8 Å². The van der Waals surface area contributed by atoms with Crippen LogP contribution in [0.25, 0.3) is 11.6 Å². The second-order valence-corrected chi connectivity index (χ2v) is 6.82. The fraction of sp³-hybridized carbons (Fsp3) is 0.0400. The fourth-order valence-electron chi connectivity index (χ4n) is 3.27. The average molecular weight is 408 g/mol. The molecule has 31 heavy (non-hydrogen) atoms. The van der Waals surface area contributed by atoms with E-state index in [0.717, 1.165) is 16.0 Å². The van der Waals surface area contributed by atoms with Crippen molar-refractivity contribution in [3.05, 3.63) is 101 Å². The molecule has 6 heteroatoms. The van der Waals surface area contributed by atoms with Gasteiger partial charge in [0.25, 0.3) is 11.8 Å². The van der Waals surface area contributed by atoms with Crippen molar-refractivity contribution in [2.75, 3.05) is 6.54 Å². The lowest BCUT2D eigenvalue weighted by Crippen LogP contribution is -2.36. The van der Waals surface area contributed by atoms with Gasteiger partial charge in [0.15, 0.2) is 0 Å². The number of carbonyl (C=O) groups excluding carboxylic acids is 3. The van der Waals surface area contributed by atoms with E-state index in [0.29, 0.717) is 5.57 Å². The Morgan fingerprint density at radius 1 is 0.871 bits per heavy atom. The molecule has 0 saturated carbocycles. The Labute approximate surface area is 178 Å². The van der Waals surface area contributed by atoms with Gasteiger partial charge in [-0.15, -0.1) is 0 Å². The molecule has 1 aliphatic rings. The van der Waals surface area contributed by atoms with Gasteiger partial charge in [-0.25, -0.2) is 4.79 Å². The van der Waals surface area contributed by atoms with Crippen LogP contribution in [-0.4, -0.2) is 29.2 Å². The van der Waals surface area contributed by atoms with Gasteiger partial charge >= 0.3 is 5.97 Å². The Hall–Kier alpha value is -4.50. The molecule has 0 atom stereocenters. The summed E-state index contributed by atoms with van der Waals surface area (Å²) in [6.45, 7) is -0.472. The highest BCUT2D eigenvalue weighted by atomic mass is 16.5. The summed E-state index contributed by atoms with van der Waals surface area (Å²) < 4.78 is 5.27. The van der Waals surface area contributed by atoms with E-state index in [2.05, 4.69) is 6.07 Å². The van der Waals surface area contributed by atoms with Crippen molar-refractivity contribution >= 4 is 29.4 Å². The Morgan fingerprint density at radius 3 is 2.03 bits per heavy atom. The lowest BCUT2D eigenvalue weighted by molar-refractivity contribution is -0.134. The molecule has 3 aromatic rings. The first-order chi connectivity index (χ1) is 15.1. The van der Waals surface area contributed by atoms with Gasteiger partial charge in [0.05, 0.1) is 22.8 Å². The van der Waals surface area contributed by atoms with Gasteiger partial charge in [0, 0.05) is 0 Å². The van der Waals surface area contributed by atoms with Crippen LogP contribution >= 0.6 is 0 Å². The zero-order valence-corrected chi connectivity index (χ0v) is 16.3. The summed E-state index contributed by atoms with van der Waals surface area (Å²) in [5.41, 5.74) is 2.64. The van der Waals surface area contributed by atoms with Crippen LogP contribution in [-0.2, 0) is 4.79 Å². The third kappa shape index (κ3) is 4.11. The van der Waals surface area contributed by atoms with Crippen molar-refractivity contribution in [2.24, 2.45) is 0 Å². The average Bonchev–Trinajstić information content (AvgIpc) is 3.04. The maximum Gasteiger partial charge on any atom is 0.331 e. The number of imide groups is 1. The smallest absolute Gasteiger partial charge is 0.331 e. The van der Waals surface area contributed by atoms with Crippen LogP contribution in [0, 0.1) is 11.3 Å².